The van der Waals surface area contributed by atoms with Crippen LogP contribution in [0.15, 0.2) is 63.6 Å². The minimum absolute atomic E-state index is 0.0624. The fourth-order valence-corrected chi connectivity index (χ4v) is 3.70. The smallest absolute Gasteiger partial charge is 0.281 e. The largest absolute Gasteiger partial charge is 0.484 e. The van der Waals surface area contributed by atoms with Crippen LogP contribution in [0, 0.1) is 5.82 Å². The number of hydrogen-bond acceptors (Lipinski definition) is 5. The lowest BCUT2D eigenvalue weighted by atomic mass is 10.1. The third-order valence-electron chi connectivity index (χ3n) is 4.10. The first-order valence-electron chi connectivity index (χ1n) is 8.16. The molecule has 0 N–H and O–H groups in total. The third kappa shape index (κ3) is 3.74. The molecule has 1 aliphatic rings. The number of nitrogens with zero attached hydrogens (tertiary/aromatic N) is 2. The topological polar surface area (TPSA) is 55.0 Å². The van der Waals surface area contributed by atoms with Crippen molar-refractivity contribution < 1.29 is 18.3 Å². The van der Waals surface area contributed by atoms with Crippen molar-refractivity contribution in [2.24, 2.45) is 5.10 Å². The molecule has 0 aliphatic carbocycles. The number of carbonyl (C=O) groups excluding carboxylic acids is 1. The van der Waals surface area contributed by atoms with Crippen LogP contribution >= 0.6 is 22.9 Å². The fraction of sp³-hybridized carbons (Fsp3) is 0.158. The quantitative estimate of drug-likeness (QED) is 0.608. The van der Waals surface area contributed by atoms with Crippen molar-refractivity contribution in [1.82, 2.24) is 5.01 Å². The lowest BCUT2D eigenvalue weighted by Crippen LogP contribution is -2.31. The number of benzene rings is 1. The lowest BCUT2D eigenvalue weighted by Gasteiger charge is -2.20. The fourth-order valence-electron chi connectivity index (χ4n) is 2.81. The first-order chi connectivity index (χ1) is 13.1. The maximum absolute atomic E-state index is 13.2. The van der Waals surface area contributed by atoms with Gasteiger partial charge >= 0.3 is 0 Å². The highest BCUT2D eigenvalue weighted by Crippen LogP contribution is 2.34. The summed E-state index contributed by atoms with van der Waals surface area (Å²) in [6, 6.07) is 11.1. The van der Waals surface area contributed by atoms with Gasteiger partial charge in [-0.2, -0.15) is 5.10 Å². The van der Waals surface area contributed by atoms with Gasteiger partial charge < -0.3 is 9.15 Å². The van der Waals surface area contributed by atoms with Gasteiger partial charge in [0.1, 0.15) is 23.4 Å². The van der Waals surface area contributed by atoms with E-state index in [9.17, 15) is 9.18 Å². The van der Waals surface area contributed by atoms with Crippen molar-refractivity contribution in [2.75, 3.05) is 6.61 Å². The highest BCUT2D eigenvalue weighted by atomic mass is 35.5. The summed E-state index contributed by atoms with van der Waals surface area (Å²) in [4.78, 5) is 13.7. The zero-order chi connectivity index (χ0) is 18.8. The van der Waals surface area contributed by atoms with E-state index in [1.165, 1.54) is 23.2 Å². The van der Waals surface area contributed by atoms with E-state index in [1.54, 1.807) is 23.7 Å². The van der Waals surface area contributed by atoms with Crippen molar-refractivity contribution in [1.29, 1.82) is 0 Å². The molecule has 1 amide bonds. The molecule has 0 radical (unpaired) electrons. The van der Waals surface area contributed by atoms with Gasteiger partial charge in [-0.15, -0.1) is 11.3 Å². The standard InChI is InChI=1S/C19H14ClFN2O3S/c20-13-9-12(5-6-14(13)21)26-11-19(24)23-16(17-3-1-7-25-17)10-15(22-23)18-4-2-8-27-18/h1-9,16H,10-11H2. The summed E-state index contributed by atoms with van der Waals surface area (Å²) >= 11 is 7.31. The first kappa shape index (κ1) is 17.8. The first-order valence-corrected chi connectivity index (χ1v) is 9.42. The molecule has 1 aliphatic heterocycles. The van der Waals surface area contributed by atoms with Crippen LogP contribution in [-0.2, 0) is 4.79 Å². The molecule has 5 nitrogen and oxygen atoms in total. The van der Waals surface area contributed by atoms with Gasteiger partial charge in [-0.25, -0.2) is 9.40 Å². The number of carbonyl (C=O) groups is 1. The second kappa shape index (κ2) is 7.54. The van der Waals surface area contributed by atoms with Crippen LogP contribution < -0.4 is 4.74 Å². The number of ether oxygens (including phenoxy) is 1. The minimum atomic E-state index is -0.544. The Morgan fingerprint density at radius 2 is 2.26 bits per heavy atom. The van der Waals surface area contributed by atoms with Gasteiger partial charge in [-0.1, -0.05) is 17.7 Å². The van der Waals surface area contributed by atoms with Gasteiger partial charge in [-0.3, -0.25) is 4.79 Å². The Morgan fingerprint density at radius 3 is 2.96 bits per heavy atom. The van der Waals surface area contributed by atoms with Crippen molar-refractivity contribution in [3.05, 3.63) is 75.6 Å². The summed E-state index contributed by atoms with van der Waals surface area (Å²) in [6.45, 7) is -0.250. The Kier molecular flexibility index (Phi) is 4.96. The van der Waals surface area contributed by atoms with E-state index in [2.05, 4.69) is 5.10 Å². The predicted octanol–water partition coefficient (Wildman–Crippen LogP) is 4.89. The normalized spacial score (nSPS) is 16.4. The van der Waals surface area contributed by atoms with Gasteiger partial charge in [-0.05, 0) is 35.7 Å². The molecule has 3 aromatic rings. The molecule has 0 saturated heterocycles. The molecule has 1 aromatic carbocycles. The van der Waals surface area contributed by atoms with E-state index in [1.807, 2.05) is 23.6 Å². The van der Waals surface area contributed by atoms with E-state index < -0.39 is 5.82 Å². The molecule has 0 fully saturated rings. The maximum atomic E-state index is 13.2. The molecular formula is C19H14ClFN2O3S. The summed E-state index contributed by atoms with van der Waals surface area (Å²) < 4.78 is 24.2. The van der Waals surface area contributed by atoms with Gasteiger partial charge in [0.05, 0.1) is 21.9 Å². The summed E-state index contributed by atoms with van der Waals surface area (Å²) in [7, 11) is 0. The molecule has 0 saturated carbocycles. The number of halogens is 2. The monoisotopic (exact) mass is 404 g/mol. The Bertz CT molecular complexity index is 973. The third-order valence-corrected chi connectivity index (χ3v) is 5.30. The second-order valence-corrected chi connectivity index (χ2v) is 7.22. The van der Waals surface area contributed by atoms with E-state index in [4.69, 9.17) is 20.8 Å². The summed E-state index contributed by atoms with van der Waals surface area (Å²) in [5.74, 6) is 0.0933. The van der Waals surface area contributed by atoms with Gasteiger partial charge in [0, 0.05) is 12.5 Å². The van der Waals surface area contributed by atoms with Crippen LogP contribution in [0.2, 0.25) is 5.02 Å². The van der Waals surface area contributed by atoms with E-state index in [0.29, 0.717) is 17.9 Å². The van der Waals surface area contributed by atoms with Crippen molar-refractivity contribution in [3.8, 4) is 5.75 Å². The summed E-state index contributed by atoms with van der Waals surface area (Å²) in [5.41, 5.74) is 0.824. The average Bonchev–Trinajstić information content (AvgIpc) is 3.41. The molecule has 138 valence electrons. The zero-order valence-electron chi connectivity index (χ0n) is 14.0. The van der Waals surface area contributed by atoms with Crippen LogP contribution in [0.25, 0.3) is 0 Å². The van der Waals surface area contributed by atoms with Crippen molar-refractivity contribution in [3.63, 3.8) is 0 Å². The molecule has 2 aromatic heterocycles. The molecule has 8 heteroatoms. The predicted molar refractivity (Wildman–Crippen MR) is 101 cm³/mol. The molecule has 1 unspecified atom stereocenters. The number of furan rings is 1. The van der Waals surface area contributed by atoms with Crippen LogP contribution in [0.1, 0.15) is 23.1 Å². The van der Waals surface area contributed by atoms with Gasteiger partial charge in [0.2, 0.25) is 0 Å². The average molecular weight is 405 g/mol. The molecule has 1 atom stereocenters. The van der Waals surface area contributed by atoms with E-state index in [-0.39, 0.29) is 23.6 Å². The van der Waals surface area contributed by atoms with E-state index >= 15 is 0 Å². The number of thiophene rings is 1. The summed E-state index contributed by atoms with van der Waals surface area (Å²) in [5, 5.41) is 7.79. The van der Waals surface area contributed by atoms with E-state index in [0.717, 1.165) is 10.6 Å². The number of rotatable bonds is 5. The van der Waals surface area contributed by atoms with Crippen LogP contribution in [-0.4, -0.2) is 23.2 Å². The molecule has 3 heterocycles. The van der Waals surface area contributed by atoms with Crippen LogP contribution in [0.4, 0.5) is 4.39 Å². The highest BCUT2D eigenvalue weighted by molar-refractivity contribution is 7.12. The summed E-state index contributed by atoms with van der Waals surface area (Å²) in [6.07, 6.45) is 2.13. The molecule has 27 heavy (non-hydrogen) atoms. The highest BCUT2D eigenvalue weighted by Gasteiger charge is 2.35. The van der Waals surface area contributed by atoms with Gasteiger partial charge in [0.25, 0.3) is 5.91 Å². The Morgan fingerprint density at radius 1 is 1.37 bits per heavy atom. The van der Waals surface area contributed by atoms with Crippen LogP contribution in [0.3, 0.4) is 0 Å². The number of hydrazone groups is 1. The minimum Gasteiger partial charge on any atom is -0.484 e. The van der Waals surface area contributed by atoms with Gasteiger partial charge in [0.15, 0.2) is 6.61 Å². The second-order valence-electron chi connectivity index (χ2n) is 5.86. The lowest BCUT2D eigenvalue weighted by molar-refractivity contribution is -0.135. The molecular weight excluding hydrogens is 391 g/mol. The van der Waals surface area contributed by atoms with Crippen molar-refractivity contribution >= 4 is 34.6 Å². The van der Waals surface area contributed by atoms with Crippen molar-refractivity contribution in [2.45, 2.75) is 12.5 Å². The Balaban J connectivity index is 1.52. The number of hydrogen-bond donors (Lipinski definition) is 0. The zero-order valence-corrected chi connectivity index (χ0v) is 15.5. The Hall–Kier alpha value is -2.64. The maximum Gasteiger partial charge on any atom is 0.281 e. The Labute approximate surface area is 163 Å². The molecule has 0 bridgehead atoms. The molecule has 4 rings (SSSR count). The SMILES string of the molecule is O=C(COc1ccc(F)c(Cl)c1)N1N=C(c2cccs2)CC1c1ccco1. The number of amides is 1. The molecule has 0 spiro atoms. The van der Waals surface area contributed by atoms with Crippen LogP contribution in [0.5, 0.6) is 5.75 Å².